The zero-order valence-corrected chi connectivity index (χ0v) is 17.2. The van der Waals surface area contributed by atoms with E-state index in [9.17, 15) is 13.2 Å². The summed E-state index contributed by atoms with van der Waals surface area (Å²) < 4.78 is 24.1. The lowest BCUT2D eigenvalue weighted by molar-refractivity contribution is 0.102. The van der Waals surface area contributed by atoms with Crippen LogP contribution in [0.5, 0.6) is 0 Å². The minimum absolute atomic E-state index is 0.0137. The Labute approximate surface area is 181 Å². The predicted molar refractivity (Wildman–Crippen MR) is 118 cm³/mol. The second-order valence-electron chi connectivity index (χ2n) is 7.00. The van der Waals surface area contributed by atoms with Gasteiger partial charge < -0.3 is 16.0 Å². The Bertz CT molecular complexity index is 1600. The van der Waals surface area contributed by atoms with E-state index in [1.165, 1.54) is 28.8 Å². The maximum Gasteiger partial charge on any atom is 0.280 e. The number of nitrogens with one attached hydrogen (secondary N) is 2. The Morgan fingerprint density at radius 3 is 2.56 bits per heavy atom. The van der Waals surface area contributed by atoms with Crippen LogP contribution in [0.2, 0.25) is 0 Å². The average Bonchev–Trinajstić information content (AvgIpc) is 3.38. The number of anilines is 2. The van der Waals surface area contributed by atoms with Gasteiger partial charge in [-0.1, -0.05) is 18.2 Å². The SMILES string of the molecule is Nc1c(C(=O)Nc2ccc(S(N)(=O)=O)cc2)nnc2cc(-c3c[nH]c4ccccc34)nn12. The second kappa shape index (κ2) is 7.14. The van der Waals surface area contributed by atoms with Crippen LogP contribution in [0.15, 0.2) is 65.7 Å². The number of primary sulfonamides is 1. The van der Waals surface area contributed by atoms with Crippen LogP contribution in [0.3, 0.4) is 0 Å². The lowest BCUT2D eigenvalue weighted by Gasteiger charge is -2.07. The maximum absolute atomic E-state index is 12.7. The molecular formula is C20H16N8O3S. The summed E-state index contributed by atoms with van der Waals surface area (Å²) in [7, 11) is -3.83. The van der Waals surface area contributed by atoms with Crippen molar-refractivity contribution in [2.45, 2.75) is 4.90 Å². The van der Waals surface area contributed by atoms with Crippen molar-refractivity contribution in [3.05, 3.63) is 66.5 Å². The number of fused-ring (bicyclic) bond motifs is 2. The van der Waals surface area contributed by atoms with Crippen molar-refractivity contribution in [2.24, 2.45) is 5.14 Å². The zero-order chi connectivity index (χ0) is 22.5. The van der Waals surface area contributed by atoms with Gasteiger partial charge in [-0.25, -0.2) is 13.6 Å². The van der Waals surface area contributed by atoms with Crippen LogP contribution in [0.1, 0.15) is 10.5 Å². The van der Waals surface area contributed by atoms with Crippen LogP contribution in [-0.2, 0) is 10.0 Å². The number of H-pyrrole nitrogens is 1. The molecule has 0 unspecified atom stereocenters. The van der Waals surface area contributed by atoms with Gasteiger partial charge in [0.25, 0.3) is 5.91 Å². The van der Waals surface area contributed by atoms with Crippen molar-refractivity contribution >= 4 is 44.0 Å². The molecule has 1 amide bonds. The normalized spacial score (nSPS) is 11.8. The third-order valence-corrected chi connectivity index (χ3v) is 5.86. The largest absolute Gasteiger partial charge is 0.382 e. The van der Waals surface area contributed by atoms with E-state index in [1.807, 2.05) is 30.5 Å². The van der Waals surface area contributed by atoms with Crippen LogP contribution < -0.4 is 16.2 Å². The quantitative estimate of drug-likeness (QED) is 0.324. The van der Waals surface area contributed by atoms with Crippen molar-refractivity contribution in [1.29, 1.82) is 0 Å². The Morgan fingerprint density at radius 2 is 1.81 bits per heavy atom. The zero-order valence-electron chi connectivity index (χ0n) is 16.4. The summed E-state index contributed by atoms with van der Waals surface area (Å²) in [5.74, 6) is -0.607. The molecule has 0 atom stereocenters. The van der Waals surface area contributed by atoms with Gasteiger partial charge in [0.15, 0.2) is 17.2 Å². The summed E-state index contributed by atoms with van der Waals surface area (Å²) in [4.78, 5) is 15.8. The van der Waals surface area contributed by atoms with E-state index in [-0.39, 0.29) is 16.4 Å². The molecule has 11 nitrogen and oxygen atoms in total. The molecule has 0 fully saturated rings. The first-order valence-corrected chi connectivity index (χ1v) is 10.9. The van der Waals surface area contributed by atoms with Gasteiger partial charge in [-0.15, -0.1) is 10.2 Å². The van der Waals surface area contributed by atoms with Crippen LogP contribution >= 0.6 is 0 Å². The summed E-state index contributed by atoms with van der Waals surface area (Å²) in [6, 6.07) is 14.9. The topological polar surface area (TPSA) is 174 Å². The van der Waals surface area contributed by atoms with Gasteiger partial charge in [-0.3, -0.25) is 4.79 Å². The summed E-state index contributed by atoms with van der Waals surface area (Å²) >= 11 is 0. The summed E-state index contributed by atoms with van der Waals surface area (Å²) in [5.41, 5.74) is 9.22. The standard InChI is InChI=1S/C20H16N8O3S/c21-19-18(20(29)24-11-5-7-12(8-6-11)32(22,30)31)26-25-17-9-16(27-28(17)19)14-10-23-15-4-2-1-3-13(14)15/h1-10,23H,21H2,(H,24,29)(H2,22,30,31). The third kappa shape index (κ3) is 3.33. The third-order valence-electron chi connectivity index (χ3n) is 4.93. The highest BCUT2D eigenvalue weighted by Crippen LogP contribution is 2.28. The van der Waals surface area contributed by atoms with Gasteiger partial charge in [0.2, 0.25) is 10.0 Å². The van der Waals surface area contributed by atoms with E-state index >= 15 is 0 Å². The number of aromatic amines is 1. The molecule has 3 heterocycles. The highest BCUT2D eigenvalue weighted by molar-refractivity contribution is 7.89. The maximum atomic E-state index is 12.7. The molecule has 0 aliphatic heterocycles. The lowest BCUT2D eigenvalue weighted by atomic mass is 10.1. The molecule has 2 aromatic carbocycles. The minimum atomic E-state index is -3.83. The molecule has 0 bridgehead atoms. The van der Waals surface area contributed by atoms with Crippen LogP contribution in [0, 0.1) is 0 Å². The molecular weight excluding hydrogens is 432 g/mol. The molecule has 12 heteroatoms. The number of carbonyl (C=O) groups excluding carboxylic acids is 1. The first kappa shape index (κ1) is 19.7. The number of para-hydroxylation sites is 1. The number of nitrogens with two attached hydrogens (primary N) is 2. The van der Waals surface area contributed by atoms with Gasteiger partial charge >= 0.3 is 0 Å². The van der Waals surface area contributed by atoms with Gasteiger partial charge in [0.05, 0.1) is 10.6 Å². The molecule has 0 saturated carbocycles. The minimum Gasteiger partial charge on any atom is -0.382 e. The number of sulfonamides is 1. The molecule has 5 rings (SSSR count). The smallest absolute Gasteiger partial charge is 0.280 e. The van der Waals surface area contributed by atoms with Gasteiger partial charge in [-0.2, -0.15) is 9.61 Å². The fourth-order valence-electron chi connectivity index (χ4n) is 3.37. The fourth-order valence-corrected chi connectivity index (χ4v) is 3.88. The molecule has 0 radical (unpaired) electrons. The van der Waals surface area contributed by atoms with Gasteiger partial charge in [0, 0.05) is 34.4 Å². The van der Waals surface area contributed by atoms with Gasteiger partial charge in [0.1, 0.15) is 0 Å². The molecule has 0 saturated heterocycles. The molecule has 5 aromatic rings. The van der Waals surface area contributed by atoms with Crippen molar-refractivity contribution in [3.63, 3.8) is 0 Å². The lowest BCUT2D eigenvalue weighted by Crippen LogP contribution is -2.19. The fraction of sp³-hybridized carbons (Fsp3) is 0. The number of amides is 1. The van der Waals surface area contributed by atoms with Crippen molar-refractivity contribution in [2.75, 3.05) is 11.1 Å². The van der Waals surface area contributed by atoms with Crippen LogP contribution in [0.4, 0.5) is 11.5 Å². The molecule has 0 spiro atoms. The van der Waals surface area contributed by atoms with Crippen molar-refractivity contribution in [3.8, 4) is 11.3 Å². The van der Waals surface area contributed by atoms with E-state index in [0.29, 0.717) is 17.0 Å². The molecule has 32 heavy (non-hydrogen) atoms. The summed E-state index contributed by atoms with van der Waals surface area (Å²) in [6.07, 6.45) is 1.84. The molecule has 3 aromatic heterocycles. The number of aromatic nitrogens is 5. The van der Waals surface area contributed by atoms with Crippen molar-refractivity contribution < 1.29 is 13.2 Å². The van der Waals surface area contributed by atoms with E-state index in [1.54, 1.807) is 6.07 Å². The van der Waals surface area contributed by atoms with E-state index in [4.69, 9.17) is 10.9 Å². The number of hydrogen-bond donors (Lipinski definition) is 4. The second-order valence-corrected chi connectivity index (χ2v) is 8.57. The Morgan fingerprint density at radius 1 is 1.06 bits per heavy atom. The van der Waals surface area contributed by atoms with Crippen molar-refractivity contribution in [1.82, 2.24) is 24.8 Å². The van der Waals surface area contributed by atoms with Gasteiger partial charge in [-0.05, 0) is 30.3 Å². The summed E-state index contributed by atoms with van der Waals surface area (Å²) in [6.45, 7) is 0. The Balaban J connectivity index is 1.47. The number of nitrogens with zero attached hydrogens (tertiary/aromatic N) is 4. The Kier molecular flexibility index (Phi) is 4.39. The number of rotatable bonds is 4. The molecule has 6 N–H and O–H groups in total. The highest BCUT2D eigenvalue weighted by Gasteiger charge is 2.19. The molecule has 0 aliphatic carbocycles. The predicted octanol–water partition coefficient (Wildman–Crippen LogP) is 1.75. The van der Waals surface area contributed by atoms with Crippen LogP contribution in [-0.4, -0.2) is 39.1 Å². The molecule has 0 aliphatic rings. The number of carbonyl (C=O) groups is 1. The van der Waals surface area contributed by atoms with E-state index < -0.39 is 15.9 Å². The number of hydrogen-bond acceptors (Lipinski definition) is 7. The number of nitrogen functional groups attached to an aromatic ring is 1. The summed E-state index contributed by atoms with van der Waals surface area (Å²) in [5, 5.41) is 21.2. The Hall–Kier alpha value is -4.29. The average molecular weight is 448 g/mol. The molecule has 160 valence electrons. The van der Waals surface area contributed by atoms with E-state index in [0.717, 1.165) is 16.5 Å². The first-order chi connectivity index (χ1) is 15.3. The number of benzene rings is 2. The van der Waals surface area contributed by atoms with Crippen LogP contribution in [0.25, 0.3) is 27.8 Å². The highest BCUT2D eigenvalue weighted by atomic mass is 32.2. The van der Waals surface area contributed by atoms with E-state index in [2.05, 4.69) is 25.6 Å². The first-order valence-electron chi connectivity index (χ1n) is 9.34. The monoisotopic (exact) mass is 448 g/mol.